The first kappa shape index (κ1) is 18.1. The van der Waals surface area contributed by atoms with Crippen LogP contribution in [0.2, 0.25) is 0 Å². The normalized spacial score (nSPS) is 21.4. The van der Waals surface area contributed by atoms with E-state index in [4.69, 9.17) is 4.74 Å². The summed E-state index contributed by atoms with van der Waals surface area (Å²) in [7, 11) is 0. The number of imide groups is 1. The molecule has 0 saturated carbocycles. The molecule has 1 fully saturated rings. The average Bonchev–Trinajstić information content (AvgIpc) is 2.35. The van der Waals surface area contributed by atoms with Gasteiger partial charge in [0.2, 0.25) is 5.91 Å². The van der Waals surface area contributed by atoms with Crippen molar-refractivity contribution in [3.8, 4) is 0 Å². The highest BCUT2D eigenvalue weighted by Gasteiger charge is 2.37. The van der Waals surface area contributed by atoms with Crippen LogP contribution in [0, 0.1) is 11.8 Å². The molecule has 0 aliphatic carbocycles. The third kappa shape index (κ3) is 5.77. The van der Waals surface area contributed by atoms with Gasteiger partial charge in [0.25, 0.3) is 0 Å². The Morgan fingerprint density at radius 1 is 1.43 bits per heavy atom. The molecule has 6 heteroatoms. The Balaban J connectivity index is 2.67. The van der Waals surface area contributed by atoms with Crippen molar-refractivity contribution < 1.29 is 19.1 Å². The predicted octanol–water partition coefficient (Wildman–Crippen LogP) is 3.15. The minimum Gasteiger partial charge on any atom is -0.443 e. The lowest BCUT2D eigenvalue weighted by molar-refractivity contribution is -0.141. The first-order valence-corrected chi connectivity index (χ1v) is 8.38. The molecule has 120 valence electrons. The zero-order valence-electron chi connectivity index (χ0n) is 13.1. The molecule has 1 aliphatic rings. The van der Waals surface area contributed by atoms with E-state index in [1.54, 1.807) is 20.8 Å². The molecule has 0 aromatic heterocycles. The summed E-state index contributed by atoms with van der Waals surface area (Å²) in [4.78, 5) is 36.9. The van der Waals surface area contributed by atoms with E-state index in [2.05, 4.69) is 22.9 Å². The Hall–Kier alpha value is -0.910. The van der Waals surface area contributed by atoms with Gasteiger partial charge in [-0.25, -0.2) is 9.69 Å². The lowest BCUT2D eigenvalue weighted by Gasteiger charge is -2.32. The van der Waals surface area contributed by atoms with E-state index in [9.17, 15) is 14.4 Å². The van der Waals surface area contributed by atoms with Crippen LogP contribution in [-0.2, 0) is 14.3 Å². The van der Waals surface area contributed by atoms with Crippen LogP contribution in [0.5, 0.6) is 0 Å². The summed E-state index contributed by atoms with van der Waals surface area (Å²) in [6.07, 6.45) is 0.724. The maximum absolute atomic E-state index is 12.0. The van der Waals surface area contributed by atoms with Gasteiger partial charge in [-0.15, -0.1) is 0 Å². The van der Waals surface area contributed by atoms with Crippen LogP contribution in [0.3, 0.4) is 0 Å². The largest absolute Gasteiger partial charge is 0.443 e. The lowest BCUT2D eigenvalue weighted by Crippen LogP contribution is -2.49. The van der Waals surface area contributed by atoms with Crippen molar-refractivity contribution in [3.05, 3.63) is 0 Å². The van der Waals surface area contributed by atoms with E-state index in [0.717, 1.165) is 16.7 Å². The van der Waals surface area contributed by atoms with Gasteiger partial charge in [0.05, 0.1) is 6.42 Å². The highest BCUT2D eigenvalue weighted by molar-refractivity contribution is 9.09. The van der Waals surface area contributed by atoms with Crippen LogP contribution >= 0.6 is 15.9 Å². The van der Waals surface area contributed by atoms with Crippen molar-refractivity contribution in [1.29, 1.82) is 0 Å². The van der Waals surface area contributed by atoms with E-state index >= 15 is 0 Å². The summed E-state index contributed by atoms with van der Waals surface area (Å²) in [6.45, 7) is 7.49. The molecule has 1 aliphatic heterocycles. The Morgan fingerprint density at radius 3 is 2.57 bits per heavy atom. The van der Waals surface area contributed by atoms with Gasteiger partial charge < -0.3 is 4.74 Å². The maximum Gasteiger partial charge on any atom is 0.417 e. The first-order valence-electron chi connectivity index (χ1n) is 7.26. The topological polar surface area (TPSA) is 63.7 Å². The summed E-state index contributed by atoms with van der Waals surface area (Å²) in [6, 6.07) is 0. The third-order valence-electron chi connectivity index (χ3n) is 3.37. The monoisotopic (exact) mass is 361 g/mol. The smallest absolute Gasteiger partial charge is 0.417 e. The van der Waals surface area contributed by atoms with Crippen molar-refractivity contribution >= 4 is 33.7 Å². The summed E-state index contributed by atoms with van der Waals surface area (Å²) < 4.78 is 5.23. The molecule has 1 heterocycles. The number of alkyl halides is 1. The second-order valence-corrected chi connectivity index (χ2v) is 7.31. The fourth-order valence-electron chi connectivity index (χ4n) is 2.12. The van der Waals surface area contributed by atoms with E-state index in [0.29, 0.717) is 12.3 Å². The number of amides is 2. The van der Waals surface area contributed by atoms with Gasteiger partial charge >= 0.3 is 6.09 Å². The average molecular weight is 362 g/mol. The molecule has 0 radical (unpaired) electrons. The number of carbonyl (C=O) groups is 3. The number of likely N-dealkylation sites (tertiary alicyclic amines) is 1. The number of carbonyl (C=O) groups excluding carboxylic acids is 3. The van der Waals surface area contributed by atoms with Crippen molar-refractivity contribution in [1.82, 2.24) is 4.90 Å². The van der Waals surface area contributed by atoms with E-state index < -0.39 is 17.6 Å². The van der Waals surface area contributed by atoms with Gasteiger partial charge in [-0.05, 0) is 39.5 Å². The number of rotatable bonds is 4. The zero-order chi connectivity index (χ0) is 16.2. The Labute approximate surface area is 134 Å². The first-order chi connectivity index (χ1) is 9.64. The van der Waals surface area contributed by atoms with Crippen LogP contribution < -0.4 is 0 Å². The van der Waals surface area contributed by atoms with Crippen LogP contribution in [0.15, 0.2) is 0 Å². The number of hydrogen-bond acceptors (Lipinski definition) is 4. The second kappa shape index (κ2) is 7.38. The van der Waals surface area contributed by atoms with Gasteiger partial charge in [0.1, 0.15) is 11.4 Å². The van der Waals surface area contributed by atoms with Crippen molar-refractivity contribution in [2.45, 2.75) is 52.6 Å². The van der Waals surface area contributed by atoms with Crippen LogP contribution in [-0.4, -0.2) is 40.2 Å². The van der Waals surface area contributed by atoms with E-state index in [1.165, 1.54) is 0 Å². The van der Waals surface area contributed by atoms with Crippen LogP contribution in [0.4, 0.5) is 4.79 Å². The Kier molecular flexibility index (Phi) is 6.38. The molecule has 0 spiro atoms. The Morgan fingerprint density at radius 2 is 2.05 bits per heavy atom. The highest BCUT2D eigenvalue weighted by atomic mass is 79.9. The third-order valence-corrected chi connectivity index (χ3v) is 4.48. The molecule has 5 nitrogen and oxygen atoms in total. The molecule has 2 atom stereocenters. The molecule has 0 aromatic carbocycles. The molecule has 1 rings (SSSR count). The fourth-order valence-corrected chi connectivity index (χ4v) is 2.45. The summed E-state index contributed by atoms with van der Waals surface area (Å²) in [5.74, 6) is -0.331. The fraction of sp³-hybridized carbons (Fsp3) is 0.800. The number of ketones is 1. The Bertz CT molecular complexity index is 416. The zero-order valence-corrected chi connectivity index (χ0v) is 14.7. The molecule has 1 unspecified atom stereocenters. The van der Waals surface area contributed by atoms with Crippen molar-refractivity contribution in [3.63, 3.8) is 0 Å². The minimum atomic E-state index is -0.654. The maximum atomic E-state index is 12.0. The van der Waals surface area contributed by atoms with Crippen molar-refractivity contribution in [2.24, 2.45) is 11.8 Å². The number of ether oxygens (including phenoxy) is 1. The van der Waals surface area contributed by atoms with Crippen molar-refractivity contribution in [2.75, 3.05) is 11.9 Å². The minimum absolute atomic E-state index is 0.0680. The summed E-state index contributed by atoms with van der Waals surface area (Å²) in [5, 5.41) is 0.878. The molecule has 2 amide bonds. The van der Waals surface area contributed by atoms with Gasteiger partial charge in [0, 0.05) is 17.8 Å². The molecule has 1 saturated heterocycles. The number of halogens is 1. The second-order valence-electron chi connectivity index (χ2n) is 6.66. The number of piperidine rings is 1. The summed E-state index contributed by atoms with van der Waals surface area (Å²) in [5.41, 5.74) is -0.654. The van der Waals surface area contributed by atoms with E-state index in [-0.39, 0.29) is 24.7 Å². The number of hydrogen-bond donors (Lipinski definition) is 0. The highest BCUT2D eigenvalue weighted by Crippen LogP contribution is 2.23. The molecular weight excluding hydrogens is 338 g/mol. The van der Waals surface area contributed by atoms with Gasteiger partial charge in [0.15, 0.2) is 0 Å². The van der Waals surface area contributed by atoms with Gasteiger partial charge in [-0.3, -0.25) is 9.59 Å². The number of Topliss-reactive ketones (excluding diaryl/α,β-unsaturated/α-hetero) is 1. The lowest BCUT2D eigenvalue weighted by atomic mass is 9.89. The van der Waals surface area contributed by atoms with Crippen LogP contribution in [0.25, 0.3) is 0 Å². The predicted molar refractivity (Wildman–Crippen MR) is 83.3 cm³/mol. The van der Waals surface area contributed by atoms with Crippen LogP contribution in [0.1, 0.15) is 47.0 Å². The van der Waals surface area contributed by atoms with Gasteiger partial charge in [-0.1, -0.05) is 22.9 Å². The molecule has 21 heavy (non-hydrogen) atoms. The summed E-state index contributed by atoms with van der Waals surface area (Å²) >= 11 is 3.41. The molecule has 0 N–H and O–H groups in total. The van der Waals surface area contributed by atoms with Gasteiger partial charge in [-0.2, -0.15) is 0 Å². The number of nitrogens with zero attached hydrogens (tertiary/aromatic N) is 1. The van der Waals surface area contributed by atoms with E-state index in [1.807, 2.05) is 0 Å². The SMILES string of the molecule is C[C@H](CBr)CCC1CN(C(=O)OC(C)(C)C)C(=O)CC1=O. The quantitative estimate of drug-likeness (QED) is 0.569. The molecular formula is C15H24BrNO4. The molecule has 0 aromatic rings. The standard InChI is InChI=1S/C15H24BrNO4/c1-10(8-16)5-6-11-9-17(13(19)7-12(11)18)14(20)21-15(2,3)4/h10-11H,5-9H2,1-4H3/t10-,11?/m0/s1. The molecule has 0 bridgehead atoms.